The molecule has 0 aliphatic carbocycles. The zero-order valence-electron chi connectivity index (χ0n) is 11.8. The molecule has 0 spiro atoms. The maximum Gasteiger partial charge on any atom is 0.181 e. The van der Waals surface area contributed by atoms with Crippen LogP contribution in [0.2, 0.25) is 0 Å². The van der Waals surface area contributed by atoms with Gasteiger partial charge in [0.2, 0.25) is 0 Å². The van der Waals surface area contributed by atoms with Crippen molar-refractivity contribution in [3.05, 3.63) is 36.0 Å². The van der Waals surface area contributed by atoms with E-state index in [4.69, 9.17) is 15.2 Å². The monoisotopic (exact) mass is 274 g/mol. The van der Waals surface area contributed by atoms with Gasteiger partial charge in [0.05, 0.1) is 19.9 Å². The lowest BCUT2D eigenvalue weighted by atomic mass is 10.1. The number of nitrogens with two attached hydrogens (primary N) is 1. The molecule has 1 aromatic heterocycles. The first-order valence-corrected chi connectivity index (χ1v) is 6.24. The number of hydrogen-bond acceptors (Lipinski definition) is 5. The molecule has 20 heavy (non-hydrogen) atoms. The third kappa shape index (κ3) is 2.67. The molecule has 5 heteroatoms. The van der Waals surface area contributed by atoms with Crippen LogP contribution in [0.15, 0.2) is 30.3 Å². The fourth-order valence-corrected chi connectivity index (χ4v) is 1.94. The minimum atomic E-state index is -0.394. The average Bonchev–Trinajstić information content (AvgIpc) is 2.47. The Morgan fingerprint density at radius 1 is 1.20 bits per heavy atom. The lowest BCUT2D eigenvalue weighted by Gasteiger charge is -2.14. The van der Waals surface area contributed by atoms with Gasteiger partial charge in [-0.3, -0.25) is 0 Å². The minimum absolute atomic E-state index is 0.0193. The van der Waals surface area contributed by atoms with E-state index < -0.39 is 6.04 Å². The summed E-state index contributed by atoms with van der Waals surface area (Å²) in [6, 6.07) is 8.79. The summed E-state index contributed by atoms with van der Waals surface area (Å²) in [4.78, 5) is 4.42. The average molecular weight is 274 g/mol. The van der Waals surface area contributed by atoms with E-state index in [0.717, 1.165) is 11.3 Å². The van der Waals surface area contributed by atoms with Gasteiger partial charge in [-0.2, -0.15) is 0 Å². The van der Waals surface area contributed by atoms with E-state index in [2.05, 4.69) is 4.98 Å². The largest absolute Gasteiger partial charge is 0.503 e. The van der Waals surface area contributed by atoms with Crippen molar-refractivity contribution >= 4 is 0 Å². The normalized spacial score (nSPS) is 12.0. The number of hydrogen-bond donors (Lipinski definition) is 2. The Kier molecular flexibility index (Phi) is 4.10. The van der Waals surface area contributed by atoms with Crippen LogP contribution in [0.3, 0.4) is 0 Å². The molecule has 0 aliphatic heterocycles. The van der Waals surface area contributed by atoms with Gasteiger partial charge in [-0.05, 0) is 19.1 Å². The molecule has 0 aliphatic rings. The first-order valence-electron chi connectivity index (χ1n) is 6.24. The van der Waals surface area contributed by atoms with E-state index in [1.807, 2.05) is 24.3 Å². The van der Waals surface area contributed by atoms with E-state index in [1.54, 1.807) is 20.1 Å². The highest BCUT2D eigenvalue weighted by molar-refractivity contribution is 5.65. The molecule has 3 N–H and O–H groups in total. The van der Waals surface area contributed by atoms with Gasteiger partial charge in [0.15, 0.2) is 11.5 Å². The second-order valence-corrected chi connectivity index (χ2v) is 4.46. The van der Waals surface area contributed by atoms with Crippen LogP contribution in [-0.2, 0) is 0 Å². The predicted octanol–water partition coefficient (Wildman–Crippen LogP) is 2.49. The summed E-state index contributed by atoms with van der Waals surface area (Å²) in [5.74, 6) is 1.07. The molecule has 0 radical (unpaired) electrons. The highest BCUT2D eigenvalue weighted by Crippen LogP contribution is 2.35. The van der Waals surface area contributed by atoms with Crippen LogP contribution < -0.4 is 15.2 Å². The van der Waals surface area contributed by atoms with E-state index in [-0.39, 0.29) is 5.75 Å². The Bertz CT molecular complexity index is 612. The van der Waals surface area contributed by atoms with Crippen molar-refractivity contribution in [3.8, 4) is 28.5 Å². The Morgan fingerprint density at radius 3 is 2.55 bits per heavy atom. The van der Waals surface area contributed by atoms with Crippen LogP contribution in [0.25, 0.3) is 11.3 Å². The van der Waals surface area contributed by atoms with Gasteiger partial charge < -0.3 is 20.3 Å². The third-order valence-corrected chi connectivity index (χ3v) is 3.00. The summed E-state index contributed by atoms with van der Waals surface area (Å²) in [5.41, 5.74) is 7.78. The summed E-state index contributed by atoms with van der Waals surface area (Å²) in [6.07, 6.45) is 0. The molecule has 2 rings (SSSR count). The molecule has 1 heterocycles. The molecular weight excluding hydrogens is 256 g/mol. The number of pyridine rings is 1. The molecule has 1 aromatic carbocycles. The van der Waals surface area contributed by atoms with Crippen molar-refractivity contribution < 1.29 is 14.6 Å². The molecule has 1 atom stereocenters. The summed E-state index contributed by atoms with van der Waals surface area (Å²) in [6.45, 7) is 1.76. The van der Waals surface area contributed by atoms with Crippen molar-refractivity contribution in [1.29, 1.82) is 0 Å². The van der Waals surface area contributed by atoms with Gasteiger partial charge in [0.25, 0.3) is 0 Å². The Balaban J connectivity index is 2.58. The first-order chi connectivity index (χ1) is 9.56. The number of methoxy groups -OCH3 is 2. The van der Waals surface area contributed by atoms with Gasteiger partial charge in [-0.1, -0.05) is 12.1 Å². The molecule has 0 fully saturated rings. The zero-order chi connectivity index (χ0) is 14.7. The molecule has 0 bridgehead atoms. The molecule has 2 aromatic rings. The second-order valence-electron chi connectivity index (χ2n) is 4.46. The van der Waals surface area contributed by atoms with Crippen molar-refractivity contribution in [2.75, 3.05) is 14.2 Å². The van der Waals surface area contributed by atoms with Gasteiger partial charge in [-0.25, -0.2) is 4.98 Å². The van der Waals surface area contributed by atoms with Crippen molar-refractivity contribution in [3.63, 3.8) is 0 Å². The maximum absolute atomic E-state index is 10.0. The molecule has 0 saturated carbocycles. The van der Waals surface area contributed by atoms with Gasteiger partial charge in [0.1, 0.15) is 11.4 Å². The Hall–Kier alpha value is -2.27. The van der Waals surface area contributed by atoms with Crippen LogP contribution >= 0.6 is 0 Å². The number of rotatable bonds is 4. The molecule has 0 saturated heterocycles. The van der Waals surface area contributed by atoms with Crippen LogP contribution in [0, 0.1) is 0 Å². The minimum Gasteiger partial charge on any atom is -0.503 e. The molecule has 106 valence electrons. The number of ether oxygens (including phenoxy) is 2. The highest BCUT2D eigenvalue weighted by Gasteiger charge is 2.16. The number of aromatic nitrogens is 1. The van der Waals surface area contributed by atoms with Crippen LogP contribution in [-0.4, -0.2) is 24.3 Å². The standard InChI is InChI=1S/C15H18N2O3/c1-9(16)14-15(18)13(20-3)8-12(17-14)10-5-4-6-11(7-10)19-2/h4-9,18H,16H2,1-3H3. The first kappa shape index (κ1) is 14.1. The highest BCUT2D eigenvalue weighted by atomic mass is 16.5. The number of benzene rings is 1. The molecule has 5 nitrogen and oxygen atoms in total. The summed E-state index contributed by atoms with van der Waals surface area (Å²) < 4.78 is 10.4. The van der Waals surface area contributed by atoms with E-state index in [0.29, 0.717) is 17.1 Å². The van der Waals surface area contributed by atoms with Crippen LogP contribution in [0.4, 0.5) is 0 Å². The quantitative estimate of drug-likeness (QED) is 0.895. The van der Waals surface area contributed by atoms with Crippen molar-refractivity contribution in [2.24, 2.45) is 5.73 Å². The predicted molar refractivity (Wildman–Crippen MR) is 77.0 cm³/mol. The summed E-state index contributed by atoms with van der Waals surface area (Å²) in [5, 5.41) is 10.0. The number of aromatic hydroxyl groups is 1. The van der Waals surface area contributed by atoms with Crippen LogP contribution in [0.5, 0.6) is 17.2 Å². The van der Waals surface area contributed by atoms with E-state index >= 15 is 0 Å². The fourth-order valence-electron chi connectivity index (χ4n) is 1.94. The van der Waals surface area contributed by atoms with Gasteiger partial charge in [0, 0.05) is 17.7 Å². The van der Waals surface area contributed by atoms with E-state index in [1.165, 1.54) is 7.11 Å². The molecule has 1 unspecified atom stereocenters. The SMILES string of the molecule is COc1cccc(-c2cc(OC)c(O)c(C(C)N)n2)c1. The topological polar surface area (TPSA) is 77.6 Å². The summed E-state index contributed by atoms with van der Waals surface area (Å²) in [7, 11) is 3.10. The maximum atomic E-state index is 10.0. The Labute approximate surface area is 118 Å². The third-order valence-electron chi connectivity index (χ3n) is 3.00. The number of nitrogens with zero attached hydrogens (tertiary/aromatic N) is 1. The lowest BCUT2D eigenvalue weighted by Crippen LogP contribution is -2.09. The molecular formula is C15H18N2O3. The zero-order valence-corrected chi connectivity index (χ0v) is 11.8. The molecule has 0 amide bonds. The van der Waals surface area contributed by atoms with Gasteiger partial charge in [-0.15, -0.1) is 0 Å². The fraction of sp³-hybridized carbons (Fsp3) is 0.267. The summed E-state index contributed by atoms with van der Waals surface area (Å²) >= 11 is 0. The van der Waals surface area contributed by atoms with Crippen LogP contribution in [0.1, 0.15) is 18.7 Å². The van der Waals surface area contributed by atoms with Crippen molar-refractivity contribution in [2.45, 2.75) is 13.0 Å². The van der Waals surface area contributed by atoms with E-state index in [9.17, 15) is 5.11 Å². The lowest BCUT2D eigenvalue weighted by molar-refractivity contribution is 0.367. The smallest absolute Gasteiger partial charge is 0.181 e. The Morgan fingerprint density at radius 2 is 1.95 bits per heavy atom. The van der Waals surface area contributed by atoms with Gasteiger partial charge >= 0.3 is 0 Å². The second kappa shape index (κ2) is 5.79. The van der Waals surface area contributed by atoms with Crippen molar-refractivity contribution in [1.82, 2.24) is 4.98 Å².